The summed E-state index contributed by atoms with van der Waals surface area (Å²) in [6.07, 6.45) is 57.7. The Morgan fingerprint density at radius 1 is 0.306 bits per heavy atom. The van der Waals surface area contributed by atoms with E-state index in [0.29, 0.717) is 19.3 Å². The van der Waals surface area contributed by atoms with Crippen molar-refractivity contribution in [2.45, 2.75) is 316 Å². The molecule has 0 aliphatic rings. The van der Waals surface area contributed by atoms with Gasteiger partial charge in [0.2, 0.25) is 0 Å². The lowest BCUT2D eigenvalue weighted by Gasteiger charge is -2.18. The summed E-state index contributed by atoms with van der Waals surface area (Å²) in [6, 6.07) is 0. The maximum atomic E-state index is 12.8. The Balaban J connectivity index is 4.26. The van der Waals surface area contributed by atoms with Gasteiger partial charge in [-0.2, -0.15) is 0 Å². The molecule has 0 heterocycles. The monoisotopic (exact) mass is 875 g/mol. The van der Waals surface area contributed by atoms with Crippen molar-refractivity contribution < 1.29 is 28.6 Å². The van der Waals surface area contributed by atoms with Gasteiger partial charge in [-0.05, 0) is 44.9 Å². The van der Waals surface area contributed by atoms with Crippen LogP contribution >= 0.6 is 0 Å². The predicted molar refractivity (Wildman–Crippen MR) is 266 cm³/mol. The molecule has 0 rings (SSSR count). The fourth-order valence-electron chi connectivity index (χ4n) is 8.32. The van der Waals surface area contributed by atoms with Gasteiger partial charge < -0.3 is 14.2 Å². The summed E-state index contributed by atoms with van der Waals surface area (Å²) in [7, 11) is 0. The first-order valence-corrected chi connectivity index (χ1v) is 27.7. The van der Waals surface area contributed by atoms with Gasteiger partial charge in [0.1, 0.15) is 13.2 Å². The molecule has 0 spiro atoms. The molecule has 0 aliphatic heterocycles. The van der Waals surface area contributed by atoms with Crippen LogP contribution in [0.5, 0.6) is 0 Å². The molecule has 0 saturated carbocycles. The van der Waals surface area contributed by atoms with Crippen molar-refractivity contribution >= 4 is 17.9 Å². The maximum Gasteiger partial charge on any atom is 0.306 e. The van der Waals surface area contributed by atoms with E-state index in [1.54, 1.807) is 0 Å². The van der Waals surface area contributed by atoms with Crippen molar-refractivity contribution in [1.82, 2.24) is 0 Å². The summed E-state index contributed by atoms with van der Waals surface area (Å²) in [5.74, 6) is -0.848. The largest absolute Gasteiger partial charge is 0.462 e. The van der Waals surface area contributed by atoms with Crippen LogP contribution in [0.4, 0.5) is 0 Å². The molecule has 0 radical (unpaired) electrons. The summed E-state index contributed by atoms with van der Waals surface area (Å²) >= 11 is 0. The van der Waals surface area contributed by atoms with Gasteiger partial charge in [0.05, 0.1) is 0 Å². The molecule has 62 heavy (non-hydrogen) atoms. The Labute approximate surface area is 386 Å². The highest BCUT2D eigenvalue weighted by Crippen LogP contribution is 2.17. The van der Waals surface area contributed by atoms with Crippen molar-refractivity contribution in [3.63, 3.8) is 0 Å². The zero-order valence-corrected chi connectivity index (χ0v) is 41.9. The quantitative estimate of drug-likeness (QED) is 0.0262. The molecule has 0 aliphatic carbocycles. The van der Waals surface area contributed by atoms with Crippen molar-refractivity contribution in [2.75, 3.05) is 13.2 Å². The van der Waals surface area contributed by atoms with Gasteiger partial charge >= 0.3 is 17.9 Å². The second-order valence-electron chi connectivity index (χ2n) is 18.9. The van der Waals surface area contributed by atoms with E-state index >= 15 is 0 Å². The second-order valence-corrected chi connectivity index (χ2v) is 18.9. The third-order valence-electron chi connectivity index (χ3n) is 12.5. The molecular formula is C56H106O6. The Hall–Kier alpha value is -1.85. The van der Waals surface area contributed by atoms with Crippen LogP contribution in [-0.2, 0) is 28.6 Å². The van der Waals surface area contributed by atoms with Crippen LogP contribution in [0.3, 0.4) is 0 Å². The molecule has 0 aromatic rings. The third-order valence-corrected chi connectivity index (χ3v) is 12.5. The van der Waals surface area contributed by atoms with Crippen molar-refractivity contribution in [3.8, 4) is 0 Å². The van der Waals surface area contributed by atoms with E-state index in [0.717, 1.165) is 57.8 Å². The third kappa shape index (κ3) is 49.2. The molecule has 366 valence electrons. The van der Waals surface area contributed by atoms with Gasteiger partial charge in [-0.15, -0.1) is 0 Å². The molecule has 6 heteroatoms. The van der Waals surface area contributed by atoms with Crippen LogP contribution in [0.2, 0.25) is 0 Å². The van der Waals surface area contributed by atoms with Gasteiger partial charge in [-0.25, -0.2) is 0 Å². The number of ether oxygens (including phenoxy) is 3. The fourth-order valence-corrected chi connectivity index (χ4v) is 8.32. The van der Waals surface area contributed by atoms with Gasteiger partial charge in [0, 0.05) is 19.3 Å². The SMILES string of the molecule is CCCCCCCC/C=C\CCCCCCCCCCCC(=O)OCC(COC(=O)CCCCCCCCCCCC)OC(=O)CCCCCCCCCCCCCCCCC. The van der Waals surface area contributed by atoms with Gasteiger partial charge in [-0.3, -0.25) is 14.4 Å². The van der Waals surface area contributed by atoms with E-state index in [1.807, 2.05) is 0 Å². The molecule has 0 saturated heterocycles. The number of esters is 3. The number of hydrogen-bond acceptors (Lipinski definition) is 6. The number of carbonyl (C=O) groups excluding carboxylic acids is 3. The number of carbonyl (C=O) groups is 3. The summed E-state index contributed by atoms with van der Waals surface area (Å²) in [6.45, 7) is 6.67. The van der Waals surface area contributed by atoms with Gasteiger partial charge in [0.25, 0.3) is 0 Å². The predicted octanol–water partition coefficient (Wildman–Crippen LogP) is 18.2. The first kappa shape index (κ1) is 60.2. The van der Waals surface area contributed by atoms with E-state index in [1.165, 1.54) is 212 Å². The average molecular weight is 875 g/mol. The lowest BCUT2D eigenvalue weighted by Crippen LogP contribution is -2.30. The first-order chi connectivity index (χ1) is 30.5. The number of hydrogen-bond donors (Lipinski definition) is 0. The molecule has 0 aromatic heterocycles. The maximum absolute atomic E-state index is 12.8. The van der Waals surface area contributed by atoms with Crippen molar-refractivity contribution in [3.05, 3.63) is 12.2 Å². The highest BCUT2D eigenvalue weighted by molar-refractivity contribution is 5.71. The van der Waals surface area contributed by atoms with Crippen LogP contribution in [0.1, 0.15) is 310 Å². The van der Waals surface area contributed by atoms with Crippen LogP contribution in [0.25, 0.3) is 0 Å². The molecule has 0 bridgehead atoms. The average Bonchev–Trinajstić information content (AvgIpc) is 3.27. The molecular weight excluding hydrogens is 769 g/mol. The molecule has 0 N–H and O–H groups in total. The zero-order valence-electron chi connectivity index (χ0n) is 41.9. The minimum atomic E-state index is -0.763. The summed E-state index contributed by atoms with van der Waals surface area (Å²) < 4.78 is 16.8. The second kappa shape index (κ2) is 51.8. The Morgan fingerprint density at radius 3 is 0.806 bits per heavy atom. The summed E-state index contributed by atoms with van der Waals surface area (Å²) in [4.78, 5) is 38.0. The lowest BCUT2D eigenvalue weighted by atomic mass is 10.0. The van der Waals surface area contributed by atoms with Crippen LogP contribution in [0.15, 0.2) is 12.2 Å². The fraction of sp³-hybridized carbons (Fsp3) is 0.911. The van der Waals surface area contributed by atoms with E-state index in [4.69, 9.17) is 14.2 Å². The summed E-state index contributed by atoms with van der Waals surface area (Å²) in [5, 5.41) is 0. The normalized spacial score (nSPS) is 12.0. The number of rotatable bonds is 51. The van der Waals surface area contributed by atoms with Crippen LogP contribution in [0, 0.1) is 0 Å². The van der Waals surface area contributed by atoms with E-state index in [2.05, 4.69) is 32.9 Å². The van der Waals surface area contributed by atoms with Gasteiger partial charge in [-0.1, -0.05) is 258 Å². The van der Waals surface area contributed by atoms with E-state index in [9.17, 15) is 14.4 Å². The minimum Gasteiger partial charge on any atom is -0.462 e. The van der Waals surface area contributed by atoms with E-state index in [-0.39, 0.29) is 31.1 Å². The Morgan fingerprint density at radius 2 is 0.532 bits per heavy atom. The molecule has 1 unspecified atom stereocenters. The number of unbranched alkanes of at least 4 members (excludes halogenated alkanes) is 38. The molecule has 0 aromatic carbocycles. The first-order valence-electron chi connectivity index (χ1n) is 27.7. The van der Waals surface area contributed by atoms with Crippen molar-refractivity contribution in [2.24, 2.45) is 0 Å². The molecule has 0 amide bonds. The van der Waals surface area contributed by atoms with Crippen molar-refractivity contribution in [1.29, 1.82) is 0 Å². The summed E-state index contributed by atoms with van der Waals surface area (Å²) in [5.41, 5.74) is 0. The molecule has 6 nitrogen and oxygen atoms in total. The Kier molecular flexibility index (Phi) is 50.2. The highest BCUT2D eigenvalue weighted by atomic mass is 16.6. The zero-order chi connectivity index (χ0) is 45.1. The highest BCUT2D eigenvalue weighted by Gasteiger charge is 2.19. The van der Waals surface area contributed by atoms with Crippen LogP contribution < -0.4 is 0 Å². The lowest BCUT2D eigenvalue weighted by molar-refractivity contribution is -0.167. The topological polar surface area (TPSA) is 78.9 Å². The van der Waals surface area contributed by atoms with Crippen LogP contribution in [-0.4, -0.2) is 37.2 Å². The van der Waals surface area contributed by atoms with Gasteiger partial charge in [0.15, 0.2) is 6.10 Å². The smallest absolute Gasteiger partial charge is 0.306 e. The Bertz CT molecular complexity index is 962. The molecule has 1 atom stereocenters. The van der Waals surface area contributed by atoms with E-state index < -0.39 is 6.10 Å². The standard InChI is InChI=1S/C56H106O6/c1-4-7-10-13-16-19-22-24-26-27-28-29-31-32-34-37-40-43-46-49-55(58)61-52-53(51-60-54(57)48-45-42-39-36-21-18-15-12-9-6-3)62-56(59)50-47-44-41-38-35-33-30-25-23-20-17-14-11-8-5-2/h24,26,53H,4-23,25,27-52H2,1-3H3/b26-24-. The number of allylic oxidation sites excluding steroid dienone is 2. The molecule has 0 fully saturated rings. The minimum absolute atomic E-state index is 0.0651.